The van der Waals surface area contributed by atoms with Gasteiger partial charge in [-0.3, -0.25) is 9.59 Å². The molecule has 10 heteroatoms. The van der Waals surface area contributed by atoms with E-state index in [9.17, 15) is 18.8 Å². The Balaban J connectivity index is 1.53. The van der Waals surface area contributed by atoms with Crippen molar-refractivity contribution >= 4 is 33.7 Å². The third-order valence-electron chi connectivity index (χ3n) is 6.13. The lowest BCUT2D eigenvalue weighted by Crippen LogP contribution is -2.37. The van der Waals surface area contributed by atoms with Gasteiger partial charge in [0, 0.05) is 29.3 Å². The smallest absolute Gasteiger partial charge is 0.435 e. The molecule has 3 heterocycles. The van der Waals surface area contributed by atoms with Crippen molar-refractivity contribution in [3.63, 3.8) is 0 Å². The number of H-pyrrole nitrogens is 1. The van der Waals surface area contributed by atoms with E-state index in [1.54, 1.807) is 52.1 Å². The maximum Gasteiger partial charge on any atom is 0.435 e. The van der Waals surface area contributed by atoms with Crippen LogP contribution in [0.5, 0.6) is 0 Å². The first-order chi connectivity index (χ1) is 17.0. The van der Waals surface area contributed by atoms with Crippen molar-refractivity contribution in [1.82, 2.24) is 19.7 Å². The topological polar surface area (TPSA) is 107 Å². The van der Waals surface area contributed by atoms with Gasteiger partial charge in [-0.25, -0.2) is 9.18 Å². The number of hydrogen-bond donors (Lipinski definition) is 1. The van der Waals surface area contributed by atoms with Gasteiger partial charge < -0.3 is 19.4 Å². The Bertz CT molecular complexity index is 1580. The van der Waals surface area contributed by atoms with Gasteiger partial charge in [-0.15, -0.1) is 0 Å². The summed E-state index contributed by atoms with van der Waals surface area (Å²) in [4.78, 5) is 43.0. The average Bonchev–Trinajstić information content (AvgIpc) is 3.25. The first-order valence-corrected chi connectivity index (χ1v) is 11.4. The van der Waals surface area contributed by atoms with Crippen molar-refractivity contribution in [1.29, 1.82) is 0 Å². The van der Waals surface area contributed by atoms with Crippen molar-refractivity contribution in [2.75, 3.05) is 13.7 Å². The molecule has 0 saturated carbocycles. The van der Waals surface area contributed by atoms with Crippen LogP contribution in [0.2, 0.25) is 0 Å². The zero-order chi connectivity index (χ0) is 25.8. The molecule has 0 aliphatic carbocycles. The zero-order valence-electron chi connectivity index (χ0n) is 20.3. The Kier molecular flexibility index (Phi) is 5.63. The first kappa shape index (κ1) is 23.7. The third-order valence-corrected chi connectivity index (χ3v) is 6.13. The van der Waals surface area contributed by atoms with Gasteiger partial charge in [0.25, 0.3) is 11.5 Å². The van der Waals surface area contributed by atoms with Crippen LogP contribution in [0.15, 0.2) is 47.4 Å². The highest BCUT2D eigenvalue weighted by atomic mass is 19.1. The average molecular weight is 493 g/mol. The molecule has 9 nitrogen and oxygen atoms in total. The summed E-state index contributed by atoms with van der Waals surface area (Å²) in [5.74, 6) is -0.840. The molecule has 0 radical (unpaired) electrons. The maximum absolute atomic E-state index is 13.9. The third kappa shape index (κ3) is 4.13. The summed E-state index contributed by atoms with van der Waals surface area (Å²) in [5, 5.41) is 5.59. The maximum atomic E-state index is 13.9. The number of aromatic amines is 1. The molecule has 4 aromatic rings. The number of hydrogen-bond acceptors (Lipinski definition) is 6. The molecule has 1 aliphatic rings. The minimum Gasteiger partial charge on any atom is -0.442 e. The molecular weight excluding hydrogens is 467 g/mol. The van der Waals surface area contributed by atoms with Gasteiger partial charge in [-0.1, -0.05) is 12.1 Å². The highest BCUT2D eigenvalue weighted by Gasteiger charge is 2.31. The Morgan fingerprint density at radius 1 is 1.19 bits per heavy atom. The fourth-order valence-corrected chi connectivity index (χ4v) is 4.48. The molecule has 186 valence electrons. The van der Waals surface area contributed by atoms with Gasteiger partial charge in [-0.2, -0.15) is 9.78 Å². The van der Waals surface area contributed by atoms with Crippen LogP contribution in [0.25, 0.3) is 21.7 Å². The Morgan fingerprint density at radius 3 is 2.72 bits per heavy atom. The van der Waals surface area contributed by atoms with Crippen molar-refractivity contribution in [3.8, 4) is 0 Å². The number of carbonyl (C=O) groups excluding carboxylic acids is 2. The van der Waals surface area contributed by atoms with Gasteiger partial charge >= 0.3 is 6.09 Å². The summed E-state index contributed by atoms with van der Waals surface area (Å²) in [6.45, 7) is 5.66. The number of nitrogens with zero attached hydrogens (tertiary/aromatic N) is 3. The van der Waals surface area contributed by atoms with Gasteiger partial charge in [-0.05, 0) is 50.4 Å². The number of pyridine rings is 1. The number of halogens is 1. The molecule has 5 rings (SSSR count). The molecule has 36 heavy (non-hydrogen) atoms. The fourth-order valence-electron chi connectivity index (χ4n) is 4.48. The Morgan fingerprint density at radius 2 is 1.97 bits per heavy atom. The number of nitrogens with one attached hydrogen (secondary N) is 1. The number of amides is 1. The minimum atomic E-state index is -0.704. The normalized spacial score (nSPS) is 15.6. The van der Waals surface area contributed by atoms with E-state index in [1.807, 2.05) is 0 Å². The van der Waals surface area contributed by atoms with E-state index >= 15 is 0 Å². The van der Waals surface area contributed by atoms with Crippen LogP contribution in [0.1, 0.15) is 48.4 Å². The van der Waals surface area contributed by atoms with Gasteiger partial charge in [0.05, 0.1) is 36.4 Å². The Hall–Kier alpha value is -4.05. The quantitative estimate of drug-likeness (QED) is 0.451. The lowest BCUT2D eigenvalue weighted by molar-refractivity contribution is 0.0335. The van der Waals surface area contributed by atoms with Gasteiger partial charge in [0.15, 0.2) is 0 Å². The number of aromatic nitrogens is 3. The van der Waals surface area contributed by atoms with E-state index in [0.717, 1.165) is 4.68 Å². The second-order valence-corrected chi connectivity index (χ2v) is 9.79. The molecule has 1 aliphatic heterocycles. The highest BCUT2D eigenvalue weighted by molar-refractivity contribution is 5.99. The molecule has 1 amide bonds. The molecule has 1 N–H and O–H groups in total. The number of benzene rings is 2. The largest absolute Gasteiger partial charge is 0.442 e. The zero-order valence-corrected chi connectivity index (χ0v) is 20.3. The first-order valence-electron chi connectivity index (χ1n) is 11.4. The summed E-state index contributed by atoms with van der Waals surface area (Å²) in [7, 11) is 1.64. The molecule has 2 aromatic heterocycles. The second-order valence-electron chi connectivity index (χ2n) is 9.79. The van der Waals surface area contributed by atoms with E-state index < -0.39 is 29.1 Å². The standard InChI is InChI=1S/C26H25FN4O5/c1-26(2,3)36-25(34)31-20-9-14(5-6-15(20)11-28-31)24(33)30(4)21-13-35-12-19-22(21)17-8-7-16(27)10-18(17)23(32)29-19/h5-11,21H,12-13H2,1-4H3,(H,29,32). The van der Waals surface area contributed by atoms with Crippen molar-refractivity contribution in [2.24, 2.45) is 0 Å². The second kappa shape index (κ2) is 8.56. The summed E-state index contributed by atoms with van der Waals surface area (Å²) >= 11 is 0. The predicted octanol–water partition coefficient (Wildman–Crippen LogP) is 4.14. The van der Waals surface area contributed by atoms with Gasteiger partial charge in [0.1, 0.15) is 11.4 Å². The molecule has 1 atom stereocenters. The summed E-state index contributed by atoms with van der Waals surface area (Å²) in [6.07, 6.45) is 0.886. The number of ether oxygens (including phenoxy) is 2. The molecule has 0 spiro atoms. The number of likely N-dealkylation sites (N-methyl/N-ethyl adjacent to an activating group) is 1. The van der Waals surface area contributed by atoms with Crippen molar-refractivity contribution in [2.45, 2.75) is 39.0 Å². The van der Waals surface area contributed by atoms with E-state index in [-0.39, 0.29) is 24.5 Å². The van der Waals surface area contributed by atoms with Crippen molar-refractivity contribution < 1.29 is 23.5 Å². The van der Waals surface area contributed by atoms with E-state index in [4.69, 9.17) is 9.47 Å². The summed E-state index contributed by atoms with van der Waals surface area (Å²) in [5.41, 5.74) is 0.919. The molecular formula is C26H25FN4O5. The Labute approximate surface area is 205 Å². The number of rotatable bonds is 2. The van der Waals surface area contributed by atoms with Crippen molar-refractivity contribution in [3.05, 3.63) is 75.6 Å². The molecule has 2 aromatic carbocycles. The van der Waals surface area contributed by atoms with Crippen LogP contribution in [-0.4, -0.2) is 50.9 Å². The van der Waals surface area contributed by atoms with Crippen LogP contribution in [0.3, 0.4) is 0 Å². The minimum absolute atomic E-state index is 0.178. The lowest BCUT2D eigenvalue weighted by atomic mass is 9.95. The fraction of sp³-hybridized carbons (Fsp3) is 0.308. The lowest BCUT2D eigenvalue weighted by Gasteiger charge is -2.34. The van der Waals surface area contributed by atoms with E-state index in [0.29, 0.717) is 33.1 Å². The molecule has 0 fully saturated rings. The predicted molar refractivity (Wildman–Crippen MR) is 130 cm³/mol. The van der Waals surface area contributed by atoms with E-state index in [1.165, 1.54) is 23.2 Å². The monoisotopic (exact) mass is 492 g/mol. The highest BCUT2D eigenvalue weighted by Crippen LogP contribution is 2.34. The van der Waals surface area contributed by atoms with Crippen LogP contribution in [0, 0.1) is 5.82 Å². The van der Waals surface area contributed by atoms with Crippen LogP contribution >= 0.6 is 0 Å². The van der Waals surface area contributed by atoms with Crippen LogP contribution in [-0.2, 0) is 16.1 Å². The number of carbonyl (C=O) groups is 2. The number of fused-ring (bicyclic) bond motifs is 4. The SMILES string of the molecule is CN(C(=O)c1ccc2cnn(C(=O)OC(C)(C)C)c2c1)C1COCc2[nH]c(=O)c3cc(F)ccc3c21. The van der Waals surface area contributed by atoms with Gasteiger partial charge in [0.2, 0.25) is 0 Å². The van der Waals surface area contributed by atoms with Crippen LogP contribution in [0.4, 0.5) is 9.18 Å². The van der Waals surface area contributed by atoms with E-state index in [2.05, 4.69) is 10.1 Å². The summed E-state index contributed by atoms with van der Waals surface area (Å²) in [6, 6.07) is 8.48. The molecule has 1 unspecified atom stereocenters. The molecule has 0 bridgehead atoms. The summed E-state index contributed by atoms with van der Waals surface area (Å²) < 4.78 is 26.1. The van der Waals surface area contributed by atoms with Crippen LogP contribution < -0.4 is 5.56 Å². The molecule has 0 saturated heterocycles.